The van der Waals surface area contributed by atoms with Crippen molar-refractivity contribution in [1.82, 2.24) is 9.03 Å². The fourth-order valence-corrected chi connectivity index (χ4v) is 3.28. The number of halogens is 1. The molecule has 1 aliphatic rings. The molecule has 1 heterocycles. The van der Waals surface area contributed by atoms with E-state index in [4.69, 9.17) is 0 Å². The van der Waals surface area contributed by atoms with Gasteiger partial charge in [-0.15, -0.1) is 0 Å². The van der Waals surface area contributed by atoms with Gasteiger partial charge in [0, 0.05) is 25.0 Å². The molecule has 0 radical (unpaired) electrons. The molecule has 0 bridgehead atoms. The van der Waals surface area contributed by atoms with Gasteiger partial charge in [-0.05, 0) is 12.8 Å². The van der Waals surface area contributed by atoms with Gasteiger partial charge < -0.3 is 0 Å². The van der Waals surface area contributed by atoms with Gasteiger partial charge in [-0.25, -0.2) is 4.72 Å². The molecule has 0 saturated carbocycles. The van der Waals surface area contributed by atoms with Gasteiger partial charge in [-0.1, -0.05) is 28.8 Å². The van der Waals surface area contributed by atoms with Gasteiger partial charge in [0.2, 0.25) is 0 Å². The van der Waals surface area contributed by atoms with Crippen LogP contribution in [0.15, 0.2) is 0 Å². The van der Waals surface area contributed by atoms with Crippen molar-refractivity contribution in [2.45, 2.75) is 25.7 Å². The largest absolute Gasteiger partial charge is 0.279 e. The molecule has 0 spiro atoms. The maximum atomic E-state index is 11.7. The van der Waals surface area contributed by atoms with Crippen molar-refractivity contribution in [3.8, 4) is 0 Å². The first-order valence-electron chi connectivity index (χ1n) is 4.97. The summed E-state index contributed by atoms with van der Waals surface area (Å²) in [5.74, 6) is 0. The van der Waals surface area contributed by atoms with Crippen LogP contribution in [-0.2, 0) is 10.2 Å². The maximum absolute atomic E-state index is 11.7. The maximum Gasteiger partial charge on any atom is 0.279 e. The Morgan fingerprint density at radius 3 is 2.21 bits per heavy atom. The summed E-state index contributed by atoms with van der Waals surface area (Å²) in [4.78, 5) is 0. The molecular formula is C8H17BrN2O2S. The minimum absolute atomic E-state index is 0.457. The summed E-state index contributed by atoms with van der Waals surface area (Å²) in [6.45, 7) is 1.79. The molecule has 1 saturated heterocycles. The lowest BCUT2D eigenvalue weighted by Gasteiger charge is -2.19. The Bertz CT molecular complexity index is 248. The summed E-state index contributed by atoms with van der Waals surface area (Å²) in [5.41, 5.74) is 0. The van der Waals surface area contributed by atoms with Crippen LogP contribution in [0.25, 0.3) is 0 Å². The highest BCUT2D eigenvalue weighted by atomic mass is 79.9. The molecule has 6 heteroatoms. The van der Waals surface area contributed by atoms with Crippen molar-refractivity contribution in [2.75, 3.05) is 25.0 Å². The minimum atomic E-state index is -3.22. The van der Waals surface area contributed by atoms with E-state index in [0.29, 0.717) is 25.0 Å². The van der Waals surface area contributed by atoms with Crippen LogP contribution in [-0.4, -0.2) is 37.7 Å². The van der Waals surface area contributed by atoms with E-state index in [1.54, 1.807) is 4.31 Å². The first-order chi connectivity index (χ1) is 6.67. The van der Waals surface area contributed by atoms with Gasteiger partial charge in [0.15, 0.2) is 0 Å². The molecule has 0 aromatic carbocycles. The molecule has 0 amide bonds. The predicted octanol–water partition coefficient (Wildman–Crippen LogP) is 1.09. The van der Waals surface area contributed by atoms with Gasteiger partial charge in [0.1, 0.15) is 0 Å². The number of nitrogens with one attached hydrogen (secondary N) is 1. The van der Waals surface area contributed by atoms with Crippen LogP contribution < -0.4 is 4.72 Å². The molecular weight excluding hydrogens is 268 g/mol. The van der Waals surface area contributed by atoms with Crippen LogP contribution in [0.4, 0.5) is 0 Å². The van der Waals surface area contributed by atoms with Gasteiger partial charge >= 0.3 is 0 Å². The molecule has 0 aliphatic carbocycles. The Hall–Kier alpha value is 0.350. The van der Waals surface area contributed by atoms with E-state index in [2.05, 4.69) is 20.7 Å². The third kappa shape index (κ3) is 3.84. The fraction of sp³-hybridized carbons (Fsp3) is 1.00. The SMILES string of the molecule is O=S(=O)(NCCBr)N1CCCCCC1. The normalized spacial score (nSPS) is 20.6. The van der Waals surface area contributed by atoms with Gasteiger partial charge in [-0.2, -0.15) is 12.7 Å². The number of hydrogen-bond acceptors (Lipinski definition) is 2. The van der Waals surface area contributed by atoms with Crippen molar-refractivity contribution >= 4 is 26.1 Å². The third-order valence-electron chi connectivity index (χ3n) is 2.28. The zero-order valence-corrected chi connectivity index (χ0v) is 10.6. The molecule has 0 aromatic rings. The second-order valence-corrected chi connectivity index (χ2v) is 5.95. The predicted molar refractivity (Wildman–Crippen MR) is 60.8 cm³/mol. The topological polar surface area (TPSA) is 49.4 Å². The second-order valence-electron chi connectivity index (χ2n) is 3.40. The van der Waals surface area contributed by atoms with Crippen molar-refractivity contribution in [1.29, 1.82) is 0 Å². The smallest absolute Gasteiger partial charge is 0.201 e. The van der Waals surface area contributed by atoms with Gasteiger partial charge in [0.25, 0.3) is 10.2 Å². The Morgan fingerprint density at radius 1 is 1.14 bits per heavy atom. The van der Waals surface area contributed by atoms with Gasteiger partial charge in [-0.3, -0.25) is 0 Å². The molecule has 1 fully saturated rings. The van der Waals surface area contributed by atoms with Crippen LogP contribution in [0.5, 0.6) is 0 Å². The van der Waals surface area contributed by atoms with Crippen LogP contribution in [0.2, 0.25) is 0 Å². The van der Waals surface area contributed by atoms with E-state index in [9.17, 15) is 8.42 Å². The number of rotatable bonds is 4. The first-order valence-corrected chi connectivity index (χ1v) is 7.53. The summed E-state index contributed by atoms with van der Waals surface area (Å²) in [6, 6.07) is 0. The summed E-state index contributed by atoms with van der Waals surface area (Å²) in [6.07, 6.45) is 4.25. The van der Waals surface area contributed by atoms with Crippen LogP contribution in [0, 0.1) is 0 Å². The zero-order chi connectivity index (χ0) is 10.4. The van der Waals surface area contributed by atoms with Crippen molar-refractivity contribution in [3.63, 3.8) is 0 Å². The Kier molecular flexibility index (Phi) is 5.36. The Morgan fingerprint density at radius 2 is 1.71 bits per heavy atom. The lowest BCUT2D eigenvalue weighted by Crippen LogP contribution is -2.41. The quantitative estimate of drug-likeness (QED) is 0.786. The number of nitrogens with zero attached hydrogens (tertiary/aromatic N) is 1. The van der Waals surface area contributed by atoms with Crippen molar-refractivity contribution in [2.24, 2.45) is 0 Å². The lowest BCUT2D eigenvalue weighted by atomic mass is 10.2. The molecule has 4 nitrogen and oxygen atoms in total. The van der Waals surface area contributed by atoms with E-state index in [1.807, 2.05) is 0 Å². The Labute approximate surface area is 94.4 Å². The minimum Gasteiger partial charge on any atom is -0.201 e. The lowest BCUT2D eigenvalue weighted by molar-refractivity contribution is 0.416. The standard InChI is InChI=1S/C8H17BrN2O2S/c9-5-6-10-14(12,13)11-7-3-1-2-4-8-11/h10H,1-8H2. The van der Waals surface area contributed by atoms with E-state index in [-0.39, 0.29) is 0 Å². The van der Waals surface area contributed by atoms with Crippen LogP contribution in [0.1, 0.15) is 25.7 Å². The van der Waals surface area contributed by atoms with E-state index in [1.165, 1.54) is 0 Å². The molecule has 0 atom stereocenters. The highest BCUT2D eigenvalue weighted by molar-refractivity contribution is 9.09. The highest BCUT2D eigenvalue weighted by Gasteiger charge is 2.21. The van der Waals surface area contributed by atoms with Gasteiger partial charge in [0.05, 0.1) is 0 Å². The molecule has 0 aromatic heterocycles. The summed E-state index contributed by atoms with van der Waals surface area (Å²) >= 11 is 3.20. The molecule has 0 unspecified atom stereocenters. The number of alkyl halides is 1. The summed E-state index contributed by atoms with van der Waals surface area (Å²) in [7, 11) is -3.22. The third-order valence-corrected chi connectivity index (χ3v) is 4.29. The molecule has 84 valence electrons. The van der Waals surface area contributed by atoms with Crippen molar-refractivity contribution in [3.05, 3.63) is 0 Å². The van der Waals surface area contributed by atoms with E-state index < -0.39 is 10.2 Å². The summed E-state index contributed by atoms with van der Waals surface area (Å²) < 4.78 is 27.5. The molecule has 14 heavy (non-hydrogen) atoms. The zero-order valence-electron chi connectivity index (χ0n) is 8.21. The molecule has 1 N–H and O–H groups in total. The van der Waals surface area contributed by atoms with Crippen LogP contribution in [0.3, 0.4) is 0 Å². The average molecular weight is 285 g/mol. The van der Waals surface area contributed by atoms with Crippen molar-refractivity contribution < 1.29 is 8.42 Å². The van der Waals surface area contributed by atoms with E-state index >= 15 is 0 Å². The van der Waals surface area contributed by atoms with Crippen LogP contribution >= 0.6 is 15.9 Å². The van der Waals surface area contributed by atoms with E-state index in [0.717, 1.165) is 25.7 Å². The average Bonchev–Trinajstić information content (AvgIpc) is 2.43. The highest BCUT2D eigenvalue weighted by Crippen LogP contribution is 2.12. The second kappa shape index (κ2) is 6.05. The first kappa shape index (κ1) is 12.4. The number of hydrogen-bond donors (Lipinski definition) is 1. The Balaban J connectivity index is 2.51. The molecule has 1 aliphatic heterocycles. The molecule has 1 rings (SSSR count). The fourth-order valence-electron chi connectivity index (χ4n) is 1.54. The monoisotopic (exact) mass is 284 g/mol. The summed E-state index contributed by atoms with van der Waals surface area (Å²) in [5, 5.41) is 0.653.